The number of nitrogen functional groups attached to an aromatic ring is 1. The van der Waals surface area contributed by atoms with Crippen LogP contribution in [-0.2, 0) is 20.5 Å². The van der Waals surface area contributed by atoms with Gasteiger partial charge in [-0.2, -0.15) is 4.31 Å². The van der Waals surface area contributed by atoms with Crippen molar-refractivity contribution in [1.29, 1.82) is 0 Å². The van der Waals surface area contributed by atoms with Crippen molar-refractivity contribution in [2.45, 2.75) is 25.2 Å². The smallest absolute Gasteiger partial charge is 0.218 e. The fourth-order valence-corrected chi connectivity index (χ4v) is 3.78. The Hall–Kier alpha value is -1.11. The van der Waals surface area contributed by atoms with Gasteiger partial charge in [-0.15, -0.1) is 0 Å². The average molecular weight is 284 g/mol. The highest BCUT2D eigenvalue weighted by molar-refractivity contribution is 7.88. The zero-order chi connectivity index (χ0) is 14.1. The molecule has 6 heteroatoms. The average Bonchev–Trinajstić information content (AvgIpc) is 2.31. The third-order valence-electron chi connectivity index (χ3n) is 3.11. The van der Waals surface area contributed by atoms with Gasteiger partial charge in [0.25, 0.3) is 0 Å². The lowest BCUT2D eigenvalue weighted by atomic mass is 10.1. The molecule has 0 atom stereocenters. The van der Waals surface area contributed by atoms with E-state index in [2.05, 4.69) is 0 Å². The first-order chi connectivity index (χ1) is 8.78. The minimum atomic E-state index is -3.31. The number of hydrogen-bond acceptors (Lipinski definition) is 4. The summed E-state index contributed by atoms with van der Waals surface area (Å²) in [4.78, 5) is 0. The molecule has 0 saturated carbocycles. The molecule has 1 aliphatic heterocycles. The van der Waals surface area contributed by atoms with Crippen LogP contribution in [0, 0.1) is 0 Å². The van der Waals surface area contributed by atoms with E-state index in [1.54, 1.807) is 24.3 Å². The van der Waals surface area contributed by atoms with Crippen molar-refractivity contribution >= 4 is 15.7 Å². The Bertz CT molecular complexity index is 538. The van der Waals surface area contributed by atoms with E-state index < -0.39 is 15.6 Å². The van der Waals surface area contributed by atoms with Crippen molar-refractivity contribution in [3.05, 3.63) is 29.8 Å². The molecule has 2 rings (SSSR count). The number of nitrogens with two attached hydrogens (primary N) is 1. The molecule has 0 spiro atoms. The van der Waals surface area contributed by atoms with E-state index in [0.29, 0.717) is 25.4 Å². The Morgan fingerprint density at radius 3 is 2.53 bits per heavy atom. The molecule has 0 aromatic heterocycles. The summed E-state index contributed by atoms with van der Waals surface area (Å²) < 4.78 is 31.8. The largest absolute Gasteiger partial charge is 0.399 e. The summed E-state index contributed by atoms with van der Waals surface area (Å²) in [5.74, 6) is 0.00333. The lowest BCUT2D eigenvalue weighted by molar-refractivity contribution is -0.0640. The van der Waals surface area contributed by atoms with Crippen LogP contribution in [0.5, 0.6) is 0 Å². The fraction of sp³-hybridized carbons (Fsp3) is 0.538. The first kappa shape index (κ1) is 14.3. The molecular formula is C13H20N2O3S. The number of rotatable bonds is 3. The highest BCUT2D eigenvalue weighted by atomic mass is 32.2. The molecule has 1 aromatic carbocycles. The van der Waals surface area contributed by atoms with Crippen LogP contribution < -0.4 is 5.73 Å². The van der Waals surface area contributed by atoms with Gasteiger partial charge in [-0.3, -0.25) is 0 Å². The number of hydrogen-bond donors (Lipinski definition) is 1. The molecule has 1 aromatic rings. The van der Waals surface area contributed by atoms with Crippen molar-refractivity contribution in [1.82, 2.24) is 4.31 Å². The van der Waals surface area contributed by atoms with Crippen LogP contribution in [0.25, 0.3) is 0 Å². The van der Waals surface area contributed by atoms with Crippen LogP contribution in [0.15, 0.2) is 24.3 Å². The minimum Gasteiger partial charge on any atom is -0.399 e. The van der Waals surface area contributed by atoms with Gasteiger partial charge in [0.05, 0.1) is 18.0 Å². The minimum absolute atomic E-state index is 0.00333. The first-order valence-corrected chi connectivity index (χ1v) is 7.86. The molecule has 2 N–H and O–H groups in total. The van der Waals surface area contributed by atoms with Crippen LogP contribution in [-0.4, -0.2) is 38.0 Å². The van der Waals surface area contributed by atoms with E-state index in [1.807, 2.05) is 13.8 Å². The van der Waals surface area contributed by atoms with Gasteiger partial charge in [0.1, 0.15) is 0 Å². The van der Waals surface area contributed by atoms with E-state index in [-0.39, 0.29) is 5.75 Å². The molecule has 1 aliphatic rings. The molecule has 1 fully saturated rings. The lowest BCUT2D eigenvalue weighted by Crippen LogP contribution is -2.50. The van der Waals surface area contributed by atoms with Gasteiger partial charge in [-0.1, -0.05) is 12.1 Å². The molecule has 0 aliphatic carbocycles. The van der Waals surface area contributed by atoms with Gasteiger partial charge in [0.15, 0.2) is 0 Å². The number of benzene rings is 1. The monoisotopic (exact) mass is 284 g/mol. The predicted octanol–water partition coefficient (Wildman–Crippen LogP) is 1.21. The summed E-state index contributed by atoms with van der Waals surface area (Å²) in [6, 6.07) is 6.93. The molecule has 5 nitrogen and oxygen atoms in total. The van der Waals surface area contributed by atoms with Gasteiger partial charge in [-0.05, 0) is 31.5 Å². The van der Waals surface area contributed by atoms with Crippen molar-refractivity contribution in [3.63, 3.8) is 0 Å². The van der Waals surface area contributed by atoms with Crippen LogP contribution >= 0.6 is 0 Å². The van der Waals surface area contributed by atoms with E-state index in [0.717, 1.165) is 5.56 Å². The molecule has 0 bridgehead atoms. The maximum atomic E-state index is 12.4. The molecule has 1 heterocycles. The number of anilines is 1. The number of ether oxygens (including phenoxy) is 1. The van der Waals surface area contributed by atoms with Gasteiger partial charge < -0.3 is 10.5 Å². The summed E-state index contributed by atoms with van der Waals surface area (Å²) in [7, 11) is -3.31. The lowest BCUT2D eigenvalue weighted by Gasteiger charge is -2.37. The first-order valence-electron chi connectivity index (χ1n) is 6.25. The van der Waals surface area contributed by atoms with Crippen LogP contribution in [0.3, 0.4) is 0 Å². The van der Waals surface area contributed by atoms with Crippen LogP contribution in [0.2, 0.25) is 0 Å². The molecule has 106 valence electrons. The topological polar surface area (TPSA) is 72.6 Å². The number of sulfonamides is 1. The summed E-state index contributed by atoms with van der Waals surface area (Å²) in [6.07, 6.45) is 0. The molecule has 0 amide bonds. The Balaban J connectivity index is 2.12. The summed E-state index contributed by atoms with van der Waals surface area (Å²) >= 11 is 0. The Labute approximate surface area is 114 Å². The molecule has 1 saturated heterocycles. The summed E-state index contributed by atoms with van der Waals surface area (Å²) in [6.45, 7) is 5.05. The van der Waals surface area contributed by atoms with Gasteiger partial charge in [0.2, 0.25) is 10.0 Å². The highest BCUT2D eigenvalue weighted by Crippen LogP contribution is 2.21. The Morgan fingerprint density at radius 2 is 1.95 bits per heavy atom. The molecular weight excluding hydrogens is 264 g/mol. The van der Waals surface area contributed by atoms with Gasteiger partial charge in [-0.25, -0.2) is 8.42 Å². The number of nitrogens with zero attached hydrogens (tertiary/aromatic N) is 1. The summed E-state index contributed by atoms with van der Waals surface area (Å²) in [5, 5.41) is 0. The maximum Gasteiger partial charge on any atom is 0.218 e. The van der Waals surface area contributed by atoms with Gasteiger partial charge >= 0.3 is 0 Å². The Kier molecular flexibility index (Phi) is 3.85. The molecule has 0 radical (unpaired) electrons. The molecule has 19 heavy (non-hydrogen) atoms. The molecule has 0 unspecified atom stereocenters. The maximum absolute atomic E-state index is 12.4. The second-order valence-electron chi connectivity index (χ2n) is 5.44. The van der Waals surface area contributed by atoms with Crippen molar-refractivity contribution in [2.24, 2.45) is 0 Å². The Morgan fingerprint density at radius 1 is 1.32 bits per heavy atom. The van der Waals surface area contributed by atoms with Crippen LogP contribution in [0.4, 0.5) is 5.69 Å². The van der Waals surface area contributed by atoms with Crippen molar-refractivity contribution in [3.8, 4) is 0 Å². The van der Waals surface area contributed by atoms with Gasteiger partial charge in [0, 0.05) is 18.8 Å². The fourth-order valence-electron chi connectivity index (χ4n) is 2.13. The third kappa shape index (κ3) is 3.68. The SMILES string of the molecule is CC1(C)CN(S(=O)(=O)Cc2ccc(N)cc2)CCO1. The van der Waals surface area contributed by atoms with E-state index in [9.17, 15) is 8.42 Å². The predicted molar refractivity (Wildman–Crippen MR) is 75.1 cm³/mol. The normalized spacial score (nSPS) is 20.3. The van der Waals surface area contributed by atoms with E-state index >= 15 is 0 Å². The number of morpholine rings is 1. The van der Waals surface area contributed by atoms with Crippen LogP contribution in [0.1, 0.15) is 19.4 Å². The second-order valence-corrected chi connectivity index (χ2v) is 7.41. The summed E-state index contributed by atoms with van der Waals surface area (Å²) in [5.41, 5.74) is 6.55. The van der Waals surface area contributed by atoms with Crippen molar-refractivity contribution in [2.75, 3.05) is 25.4 Å². The van der Waals surface area contributed by atoms with E-state index in [4.69, 9.17) is 10.5 Å². The standard InChI is InChI=1S/C13H20N2O3S/c1-13(2)10-15(7-8-18-13)19(16,17)9-11-3-5-12(14)6-4-11/h3-6H,7-10,14H2,1-2H3. The van der Waals surface area contributed by atoms with Crippen molar-refractivity contribution < 1.29 is 13.2 Å². The quantitative estimate of drug-likeness (QED) is 0.847. The third-order valence-corrected chi connectivity index (χ3v) is 4.91. The zero-order valence-corrected chi connectivity index (χ0v) is 12.1. The van der Waals surface area contributed by atoms with E-state index in [1.165, 1.54) is 4.31 Å². The zero-order valence-electron chi connectivity index (χ0n) is 11.3. The second kappa shape index (κ2) is 5.11. The highest BCUT2D eigenvalue weighted by Gasteiger charge is 2.33.